The summed E-state index contributed by atoms with van der Waals surface area (Å²) in [7, 11) is 0. The van der Waals surface area contributed by atoms with Crippen molar-refractivity contribution in [3.8, 4) is 0 Å². The van der Waals surface area contributed by atoms with E-state index in [-0.39, 0.29) is 0 Å². The molecule has 1 rings (SSSR count). The first-order chi connectivity index (χ1) is 5.02. The van der Waals surface area contributed by atoms with Crippen LogP contribution in [0.5, 0.6) is 0 Å². The maximum atomic E-state index is 6.02. The zero-order valence-electron chi connectivity index (χ0n) is 5.78. The van der Waals surface area contributed by atoms with Crippen LogP contribution in [0.3, 0.4) is 0 Å². The van der Waals surface area contributed by atoms with Gasteiger partial charge in [-0.05, 0) is 0 Å². The van der Waals surface area contributed by atoms with Gasteiger partial charge in [-0.15, -0.1) is 0 Å². The molecule has 0 aromatic rings. The third-order valence-corrected chi connectivity index (χ3v) is 35.3. The van der Waals surface area contributed by atoms with Crippen LogP contribution >= 0.6 is 76.3 Å². The zero-order valence-corrected chi connectivity index (χ0v) is 12.1. The Labute approximate surface area is 99.9 Å². The molecule has 1 N–H and O–H groups in total. The first-order valence-electron chi connectivity index (χ1n) is 3.11. The van der Waals surface area contributed by atoms with Gasteiger partial charge in [-0.1, -0.05) is 0 Å². The van der Waals surface area contributed by atoms with E-state index in [0.29, 0.717) is 12.7 Å². The van der Waals surface area contributed by atoms with Crippen molar-refractivity contribution in [3.05, 3.63) is 0 Å². The summed E-state index contributed by atoms with van der Waals surface area (Å²) in [5.41, 5.74) is 0. The van der Waals surface area contributed by atoms with E-state index < -0.39 is 8.85 Å². The van der Waals surface area contributed by atoms with E-state index in [0.717, 1.165) is 6.42 Å². The van der Waals surface area contributed by atoms with E-state index in [2.05, 4.69) is 5.09 Å². The van der Waals surface area contributed by atoms with Crippen LogP contribution in [-0.4, -0.2) is 12.7 Å². The van der Waals surface area contributed by atoms with Gasteiger partial charge in [-0.2, -0.15) is 0 Å². The van der Waals surface area contributed by atoms with Gasteiger partial charge in [0.25, 0.3) is 0 Å². The van der Waals surface area contributed by atoms with Gasteiger partial charge >= 0.3 is 101 Å². The van der Waals surface area contributed by atoms with Crippen LogP contribution in [0.4, 0.5) is 0 Å². The number of hydrogen-bond acceptors (Lipinski definition) is 1. The quantitative estimate of drug-likeness (QED) is 0.550. The fourth-order valence-electron chi connectivity index (χ4n) is 0.878. The van der Waals surface area contributed by atoms with Crippen molar-refractivity contribution in [1.29, 1.82) is 0 Å². The summed E-state index contributed by atoms with van der Waals surface area (Å²) < 4.78 is -7.50. The Morgan fingerprint density at radius 3 is 1.67 bits per heavy atom. The molecule has 0 bridgehead atoms. The van der Waals surface area contributed by atoms with Gasteiger partial charge in [0.1, 0.15) is 0 Å². The molecule has 1 fully saturated rings. The number of rotatable bonds is 0. The third-order valence-electron chi connectivity index (χ3n) is 1.65. The van der Waals surface area contributed by atoms with Crippen LogP contribution in [0.25, 0.3) is 0 Å². The Morgan fingerprint density at radius 2 is 1.42 bits per heavy atom. The van der Waals surface area contributed by atoms with Crippen molar-refractivity contribution in [2.75, 3.05) is 12.7 Å². The second kappa shape index (κ2) is 3.03. The summed E-state index contributed by atoms with van der Waals surface area (Å²) in [6.07, 6.45) is 1.12. The molecule has 1 aliphatic heterocycles. The van der Waals surface area contributed by atoms with Crippen molar-refractivity contribution in [2.24, 2.45) is 0 Å². The molecule has 0 aromatic heterocycles. The summed E-state index contributed by atoms with van der Waals surface area (Å²) in [4.78, 5) is 0. The van der Waals surface area contributed by atoms with Crippen molar-refractivity contribution < 1.29 is 0 Å². The Kier molecular flexibility index (Phi) is 3.19. The van der Waals surface area contributed by atoms with Gasteiger partial charge in [0.05, 0.1) is 0 Å². The normalized spacial score (nSPS) is 42.8. The summed E-state index contributed by atoms with van der Waals surface area (Å²) in [5, 5.41) is 2.75. The average Bonchev–Trinajstić information content (AvgIpc) is 1.75. The molecule has 1 saturated heterocycles. The molecule has 1 nitrogen and oxygen atoms in total. The Bertz CT molecular complexity index is 188. The van der Waals surface area contributed by atoms with E-state index in [4.69, 9.17) is 67.4 Å². The summed E-state index contributed by atoms with van der Waals surface area (Å²) in [6, 6.07) is 0. The number of hydrogen-bond donors (Lipinski definition) is 1. The fraction of sp³-hybridized carbons (Fsp3) is 1.00. The van der Waals surface area contributed by atoms with Crippen molar-refractivity contribution in [2.45, 2.75) is 6.42 Å². The molecule has 0 aliphatic carbocycles. The van der Waals surface area contributed by atoms with Gasteiger partial charge in [0.2, 0.25) is 0 Å². The van der Waals surface area contributed by atoms with Gasteiger partial charge < -0.3 is 0 Å². The van der Waals surface area contributed by atoms with E-state index >= 15 is 0 Å². The predicted molar refractivity (Wildman–Crippen MR) is 66.4 cm³/mol. The minimum atomic E-state index is -3.82. The SMILES string of the molecule is ClP1(Cl)(Cl)CCCNP1(Cl)(Cl)Cl. The van der Waals surface area contributed by atoms with Gasteiger partial charge in [0, 0.05) is 0 Å². The molecule has 76 valence electrons. The second-order valence-electron chi connectivity index (χ2n) is 2.68. The topological polar surface area (TPSA) is 12.0 Å². The summed E-state index contributed by atoms with van der Waals surface area (Å²) in [6.45, 7) is 0.596. The maximum absolute atomic E-state index is 6.02. The van der Waals surface area contributed by atoms with Gasteiger partial charge in [-0.25, -0.2) is 0 Å². The van der Waals surface area contributed by atoms with E-state index in [1.54, 1.807) is 0 Å². The average molecular weight is 332 g/mol. The Hall–Kier alpha value is 2.56. The molecule has 0 aromatic carbocycles. The van der Waals surface area contributed by atoms with Gasteiger partial charge in [-0.3, -0.25) is 0 Å². The number of nitrogens with one attached hydrogen (secondary N) is 1. The van der Waals surface area contributed by atoms with Crippen LogP contribution in [0.1, 0.15) is 6.42 Å². The van der Waals surface area contributed by atoms with Crippen LogP contribution in [-0.2, 0) is 0 Å². The molecule has 12 heavy (non-hydrogen) atoms. The summed E-state index contributed by atoms with van der Waals surface area (Å²) in [5.74, 6) is 0. The fourth-order valence-corrected chi connectivity index (χ4v) is 10.4. The molecule has 9 heteroatoms. The molecule has 0 unspecified atom stereocenters. The molecule has 1 heterocycles. The second-order valence-corrected chi connectivity index (χ2v) is 32.0. The van der Waals surface area contributed by atoms with Crippen LogP contribution < -0.4 is 5.09 Å². The van der Waals surface area contributed by atoms with Crippen molar-refractivity contribution in [3.63, 3.8) is 0 Å². The van der Waals surface area contributed by atoms with Gasteiger partial charge in [0.15, 0.2) is 0 Å². The molecule has 0 atom stereocenters. The van der Waals surface area contributed by atoms with E-state index in [1.165, 1.54) is 0 Å². The predicted octanol–water partition coefficient (Wildman–Crippen LogP) is 5.84. The van der Waals surface area contributed by atoms with Crippen LogP contribution in [0.15, 0.2) is 0 Å². The molecular formula is C3H7Cl6NP2. The van der Waals surface area contributed by atoms with Crippen LogP contribution in [0, 0.1) is 0 Å². The molecule has 0 saturated carbocycles. The van der Waals surface area contributed by atoms with E-state index in [1.807, 2.05) is 0 Å². The summed E-state index contributed by atoms with van der Waals surface area (Å²) >= 11 is 36.0. The molecule has 0 spiro atoms. The molecule has 0 amide bonds. The van der Waals surface area contributed by atoms with Crippen molar-refractivity contribution in [1.82, 2.24) is 5.09 Å². The molecule has 0 radical (unpaired) electrons. The van der Waals surface area contributed by atoms with Crippen LogP contribution in [0.2, 0.25) is 0 Å². The minimum absolute atomic E-state index is 0.386. The van der Waals surface area contributed by atoms with E-state index in [9.17, 15) is 0 Å². The third kappa shape index (κ3) is 1.92. The first kappa shape index (κ1) is 12.6. The first-order valence-corrected chi connectivity index (χ1v) is 13.9. The van der Waals surface area contributed by atoms with Crippen molar-refractivity contribution >= 4 is 76.3 Å². The zero-order chi connectivity index (χ0) is 9.72. The molecule has 1 aliphatic rings. The Morgan fingerprint density at radius 1 is 0.917 bits per heavy atom. The monoisotopic (exact) mass is 329 g/mol. The standard InChI is InChI=1S/C3H7Cl6NP2/c4-11(5,6)3-1-2-10-12(11,7,8)9/h10H,1-3H2. The molecular weight excluding hydrogens is 325 g/mol. The number of halogens is 6. The Balaban J connectivity index is 3.16.